The number of methoxy groups -OCH3 is 2. The Labute approximate surface area is 218 Å². The number of carbonyl (C=O) groups is 2. The SMILES string of the molecule is COc1ccc(CCNC(=O)C(=O)N/N=C/c2ccc(CNS(=O)(=O)c3ccc(Cl)cc3)o2)cc1OC. The van der Waals surface area contributed by atoms with Crippen LogP contribution in [0.3, 0.4) is 0 Å². The fraction of sp³-hybridized carbons (Fsp3) is 0.208. The molecule has 0 unspecified atom stereocenters. The summed E-state index contributed by atoms with van der Waals surface area (Å²) in [5.74, 6) is -0.0811. The Morgan fingerprint density at radius 1 is 1.00 bits per heavy atom. The maximum absolute atomic E-state index is 12.3. The van der Waals surface area contributed by atoms with E-state index in [0.29, 0.717) is 28.7 Å². The van der Waals surface area contributed by atoms with Crippen molar-refractivity contribution in [1.29, 1.82) is 0 Å². The number of benzene rings is 2. The third-order valence-electron chi connectivity index (χ3n) is 4.95. The largest absolute Gasteiger partial charge is 0.493 e. The van der Waals surface area contributed by atoms with Gasteiger partial charge in [0.25, 0.3) is 0 Å². The monoisotopic (exact) mass is 548 g/mol. The molecule has 3 rings (SSSR count). The molecule has 37 heavy (non-hydrogen) atoms. The standard InChI is InChI=1S/C24H25ClN4O7S/c1-34-21-10-3-16(13-22(21)35-2)11-12-26-23(30)24(31)29-27-14-18-6-7-19(36-18)15-28-37(32,33)20-8-4-17(25)5-9-20/h3-10,13-14,28H,11-12,15H2,1-2H3,(H,26,30)(H,29,31)/b27-14+. The van der Waals surface area contributed by atoms with Crippen molar-refractivity contribution in [2.75, 3.05) is 20.8 Å². The molecule has 0 aliphatic carbocycles. The van der Waals surface area contributed by atoms with E-state index in [0.717, 1.165) is 5.56 Å². The number of furan rings is 1. The molecule has 0 saturated carbocycles. The lowest BCUT2D eigenvalue weighted by Gasteiger charge is -2.09. The van der Waals surface area contributed by atoms with E-state index in [1.165, 1.54) is 50.8 Å². The van der Waals surface area contributed by atoms with Crippen molar-refractivity contribution >= 4 is 39.7 Å². The van der Waals surface area contributed by atoms with E-state index < -0.39 is 21.8 Å². The van der Waals surface area contributed by atoms with Crippen LogP contribution in [0.1, 0.15) is 17.1 Å². The first-order valence-corrected chi connectivity index (χ1v) is 12.7. The van der Waals surface area contributed by atoms with Gasteiger partial charge in [-0.1, -0.05) is 17.7 Å². The molecule has 0 aliphatic rings. The van der Waals surface area contributed by atoms with Gasteiger partial charge in [-0.15, -0.1) is 0 Å². The molecule has 0 fully saturated rings. The van der Waals surface area contributed by atoms with Gasteiger partial charge in [0.05, 0.1) is 31.9 Å². The van der Waals surface area contributed by atoms with E-state index in [9.17, 15) is 18.0 Å². The van der Waals surface area contributed by atoms with Crippen LogP contribution in [0.25, 0.3) is 0 Å². The number of halogens is 1. The van der Waals surface area contributed by atoms with Crippen LogP contribution in [0.15, 0.2) is 69.0 Å². The molecule has 11 nitrogen and oxygen atoms in total. The van der Waals surface area contributed by atoms with Gasteiger partial charge in [0.15, 0.2) is 11.5 Å². The number of nitrogens with one attached hydrogen (secondary N) is 3. The number of hydrogen-bond acceptors (Lipinski definition) is 8. The highest BCUT2D eigenvalue weighted by atomic mass is 35.5. The third-order valence-corrected chi connectivity index (χ3v) is 6.62. The normalized spacial score (nSPS) is 11.3. The molecule has 1 aromatic heterocycles. The Morgan fingerprint density at radius 2 is 1.73 bits per heavy atom. The second kappa shape index (κ2) is 12.9. The molecule has 0 spiro atoms. The van der Waals surface area contributed by atoms with E-state index in [4.69, 9.17) is 25.5 Å². The molecule has 3 N–H and O–H groups in total. The summed E-state index contributed by atoms with van der Waals surface area (Å²) in [6, 6.07) is 14.2. The van der Waals surface area contributed by atoms with Crippen LogP contribution in [0.4, 0.5) is 0 Å². The van der Waals surface area contributed by atoms with Gasteiger partial charge in [0, 0.05) is 11.6 Å². The molecular weight excluding hydrogens is 524 g/mol. The van der Waals surface area contributed by atoms with Crippen LogP contribution in [-0.4, -0.2) is 47.2 Å². The van der Waals surface area contributed by atoms with Gasteiger partial charge in [-0.25, -0.2) is 18.6 Å². The Bertz CT molecular complexity index is 1370. The van der Waals surface area contributed by atoms with Gasteiger partial charge in [-0.05, 0) is 60.5 Å². The molecule has 0 aliphatic heterocycles. The van der Waals surface area contributed by atoms with E-state index in [1.807, 2.05) is 6.07 Å². The summed E-state index contributed by atoms with van der Waals surface area (Å²) >= 11 is 5.78. The molecule has 0 saturated heterocycles. The molecule has 2 aromatic carbocycles. The number of nitrogens with zero attached hydrogens (tertiary/aromatic N) is 1. The fourth-order valence-electron chi connectivity index (χ4n) is 3.06. The van der Waals surface area contributed by atoms with Crippen LogP contribution in [0.2, 0.25) is 5.02 Å². The van der Waals surface area contributed by atoms with Crippen LogP contribution in [0.5, 0.6) is 11.5 Å². The number of hydrogen-bond donors (Lipinski definition) is 3. The molecule has 0 atom stereocenters. The minimum Gasteiger partial charge on any atom is -0.493 e. The number of rotatable bonds is 11. The summed E-state index contributed by atoms with van der Waals surface area (Å²) in [4.78, 5) is 24.0. The van der Waals surface area contributed by atoms with Gasteiger partial charge in [-0.2, -0.15) is 5.10 Å². The van der Waals surface area contributed by atoms with Crippen molar-refractivity contribution in [1.82, 2.24) is 15.5 Å². The first kappa shape index (κ1) is 27.7. The van der Waals surface area contributed by atoms with Crippen molar-refractivity contribution in [3.63, 3.8) is 0 Å². The summed E-state index contributed by atoms with van der Waals surface area (Å²) in [6.07, 6.45) is 1.66. The lowest BCUT2D eigenvalue weighted by atomic mass is 10.1. The quantitative estimate of drug-likeness (QED) is 0.189. The van der Waals surface area contributed by atoms with Gasteiger partial charge in [-0.3, -0.25) is 9.59 Å². The summed E-state index contributed by atoms with van der Waals surface area (Å²) in [5.41, 5.74) is 2.99. The minimum absolute atomic E-state index is 0.0648. The molecule has 1 heterocycles. The Hall–Kier alpha value is -3.87. The summed E-state index contributed by atoms with van der Waals surface area (Å²) < 4.78 is 42.9. The van der Waals surface area contributed by atoms with E-state index in [-0.39, 0.29) is 23.7 Å². The van der Waals surface area contributed by atoms with Crippen molar-refractivity contribution in [3.8, 4) is 11.5 Å². The number of sulfonamides is 1. The van der Waals surface area contributed by atoms with Crippen LogP contribution in [-0.2, 0) is 32.6 Å². The Balaban J connectivity index is 1.42. The smallest absolute Gasteiger partial charge is 0.329 e. The molecular formula is C24H25ClN4O7S. The Morgan fingerprint density at radius 3 is 2.43 bits per heavy atom. The maximum Gasteiger partial charge on any atom is 0.329 e. The first-order valence-electron chi connectivity index (χ1n) is 10.9. The highest BCUT2D eigenvalue weighted by Gasteiger charge is 2.15. The summed E-state index contributed by atoms with van der Waals surface area (Å²) in [5, 5.41) is 6.62. The van der Waals surface area contributed by atoms with Crippen LogP contribution in [0, 0.1) is 0 Å². The van der Waals surface area contributed by atoms with E-state index in [2.05, 4.69) is 20.6 Å². The number of carbonyl (C=O) groups excluding carboxylic acids is 2. The summed E-state index contributed by atoms with van der Waals surface area (Å²) in [6.45, 7) is 0.118. The third kappa shape index (κ3) is 8.07. The van der Waals surface area contributed by atoms with Gasteiger partial charge in [0.1, 0.15) is 11.5 Å². The zero-order valence-corrected chi connectivity index (χ0v) is 21.6. The Kier molecular flexibility index (Phi) is 9.66. The molecule has 2 amide bonds. The van der Waals surface area contributed by atoms with Crippen molar-refractivity contribution < 1.29 is 31.9 Å². The zero-order chi connectivity index (χ0) is 26.8. The highest BCUT2D eigenvalue weighted by Crippen LogP contribution is 2.27. The van der Waals surface area contributed by atoms with Crippen LogP contribution >= 0.6 is 11.6 Å². The van der Waals surface area contributed by atoms with Gasteiger partial charge < -0.3 is 19.2 Å². The number of ether oxygens (including phenoxy) is 2. The molecule has 13 heteroatoms. The molecule has 3 aromatic rings. The predicted molar refractivity (Wildman–Crippen MR) is 136 cm³/mol. The van der Waals surface area contributed by atoms with Gasteiger partial charge >= 0.3 is 11.8 Å². The molecule has 0 radical (unpaired) electrons. The second-order valence-electron chi connectivity index (χ2n) is 7.48. The van der Waals surface area contributed by atoms with E-state index in [1.54, 1.807) is 18.2 Å². The maximum atomic E-state index is 12.3. The zero-order valence-electron chi connectivity index (χ0n) is 20.0. The fourth-order valence-corrected chi connectivity index (χ4v) is 4.18. The molecule has 196 valence electrons. The van der Waals surface area contributed by atoms with Gasteiger partial charge in [0.2, 0.25) is 10.0 Å². The topological polar surface area (TPSA) is 148 Å². The van der Waals surface area contributed by atoms with E-state index >= 15 is 0 Å². The van der Waals surface area contributed by atoms with Crippen molar-refractivity contribution in [2.24, 2.45) is 5.10 Å². The lowest BCUT2D eigenvalue weighted by molar-refractivity contribution is -0.139. The average Bonchev–Trinajstić information content (AvgIpc) is 3.35. The number of amides is 2. The second-order valence-corrected chi connectivity index (χ2v) is 9.68. The molecule has 0 bridgehead atoms. The predicted octanol–water partition coefficient (Wildman–Crippen LogP) is 2.24. The highest BCUT2D eigenvalue weighted by molar-refractivity contribution is 7.89. The van der Waals surface area contributed by atoms with Crippen molar-refractivity contribution in [2.45, 2.75) is 17.9 Å². The van der Waals surface area contributed by atoms with Crippen molar-refractivity contribution in [3.05, 3.63) is 76.7 Å². The first-order chi connectivity index (χ1) is 17.7. The average molecular weight is 549 g/mol. The minimum atomic E-state index is -3.75. The van der Waals surface area contributed by atoms with Crippen LogP contribution < -0.4 is 24.9 Å². The number of hydrazone groups is 1. The lowest BCUT2D eigenvalue weighted by Crippen LogP contribution is -2.38. The summed E-state index contributed by atoms with van der Waals surface area (Å²) in [7, 11) is -0.682.